The van der Waals surface area contributed by atoms with Crippen molar-refractivity contribution in [2.24, 2.45) is 0 Å². The highest BCUT2D eigenvalue weighted by molar-refractivity contribution is 7.19. The first-order valence-electron chi connectivity index (χ1n) is 9.73. The molecule has 0 saturated carbocycles. The molecule has 9 heteroatoms. The maximum absolute atomic E-state index is 13.0. The van der Waals surface area contributed by atoms with E-state index in [0.29, 0.717) is 38.7 Å². The molecule has 162 valence electrons. The first-order chi connectivity index (χ1) is 15.5. The smallest absolute Gasteiger partial charge is 0.258 e. The van der Waals surface area contributed by atoms with Crippen LogP contribution in [0.25, 0.3) is 11.1 Å². The maximum Gasteiger partial charge on any atom is 0.258 e. The van der Waals surface area contributed by atoms with E-state index < -0.39 is 0 Å². The van der Waals surface area contributed by atoms with Gasteiger partial charge in [-0.05, 0) is 29.8 Å². The van der Waals surface area contributed by atoms with Crippen LogP contribution in [0.5, 0.6) is 5.75 Å². The Bertz CT molecular complexity index is 1230. The second-order valence-corrected chi connectivity index (χ2v) is 8.34. The molecule has 0 bridgehead atoms. The second kappa shape index (κ2) is 9.76. The lowest BCUT2D eigenvalue weighted by Gasteiger charge is -2.14. The fourth-order valence-electron chi connectivity index (χ4n) is 3.19. The molecule has 32 heavy (non-hydrogen) atoms. The van der Waals surface area contributed by atoms with Crippen molar-refractivity contribution in [2.45, 2.75) is 6.54 Å². The summed E-state index contributed by atoms with van der Waals surface area (Å²) >= 11 is 7.25. The third kappa shape index (κ3) is 4.87. The quantitative estimate of drug-likeness (QED) is 0.406. The van der Waals surface area contributed by atoms with E-state index in [4.69, 9.17) is 16.3 Å². The molecule has 1 N–H and O–H groups in total. The third-order valence-electron chi connectivity index (χ3n) is 4.76. The maximum atomic E-state index is 13.0. The Labute approximate surface area is 194 Å². The monoisotopic (exact) mass is 465 g/mol. The van der Waals surface area contributed by atoms with Gasteiger partial charge in [-0.3, -0.25) is 15.1 Å². The standard InChI is InChI=1S/C23H20ClN5O2S/c1-29(14-15-7-9-16(24)10-8-15)23-28-27-22(32-23)26-21(30)18-11-12-25-13-19(18)17-5-3-4-6-20(17)31-2/h3-13H,14H2,1-2H3,(H,26,27,30). The van der Waals surface area contributed by atoms with Gasteiger partial charge in [-0.25, -0.2) is 0 Å². The van der Waals surface area contributed by atoms with Crippen molar-refractivity contribution in [1.29, 1.82) is 0 Å². The number of halogens is 1. The molecule has 0 aliphatic heterocycles. The van der Waals surface area contributed by atoms with Crippen LogP contribution in [0.2, 0.25) is 5.02 Å². The zero-order chi connectivity index (χ0) is 22.5. The van der Waals surface area contributed by atoms with Gasteiger partial charge in [-0.2, -0.15) is 0 Å². The number of carbonyl (C=O) groups excluding carboxylic acids is 1. The number of methoxy groups -OCH3 is 1. The molecule has 0 fully saturated rings. The van der Waals surface area contributed by atoms with Crippen LogP contribution in [-0.4, -0.2) is 35.2 Å². The van der Waals surface area contributed by atoms with Crippen molar-refractivity contribution in [3.05, 3.63) is 83.1 Å². The Morgan fingerprint density at radius 1 is 1.09 bits per heavy atom. The number of anilines is 2. The average Bonchev–Trinajstić information content (AvgIpc) is 3.29. The van der Waals surface area contributed by atoms with Crippen molar-refractivity contribution in [3.63, 3.8) is 0 Å². The Kier molecular flexibility index (Phi) is 6.63. The Balaban J connectivity index is 1.51. The number of hydrogen-bond acceptors (Lipinski definition) is 7. The van der Waals surface area contributed by atoms with Gasteiger partial charge in [0.2, 0.25) is 10.3 Å². The minimum absolute atomic E-state index is 0.295. The lowest BCUT2D eigenvalue weighted by molar-refractivity contribution is 0.102. The molecule has 0 unspecified atom stereocenters. The number of nitrogens with zero attached hydrogens (tertiary/aromatic N) is 4. The fraction of sp³-hybridized carbons (Fsp3) is 0.130. The summed E-state index contributed by atoms with van der Waals surface area (Å²) in [5.74, 6) is 0.368. The summed E-state index contributed by atoms with van der Waals surface area (Å²) in [6.07, 6.45) is 3.23. The van der Waals surface area contributed by atoms with Crippen LogP contribution in [0.4, 0.5) is 10.3 Å². The van der Waals surface area contributed by atoms with E-state index in [2.05, 4.69) is 20.5 Å². The number of amides is 1. The van der Waals surface area contributed by atoms with E-state index in [0.717, 1.165) is 11.1 Å². The van der Waals surface area contributed by atoms with Crippen LogP contribution in [-0.2, 0) is 6.54 Å². The van der Waals surface area contributed by atoms with Crippen LogP contribution in [0.3, 0.4) is 0 Å². The van der Waals surface area contributed by atoms with E-state index in [1.54, 1.807) is 25.6 Å². The predicted molar refractivity (Wildman–Crippen MR) is 128 cm³/mol. The van der Waals surface area contributed by atoms with Crippen molar-refractivity contribution < 1.29 is 9.53 Å². The molecule has 0 aliphatic carbocycles. The molecule has 0 aliphatic rings. The van der Waals surface area contributed by atoms with Crippen molar-refractivity contribution >= 4 is 39.1 Å². The molecule has 2 heterocycles. The highest BCUT2D eigenvalue weighted by Crippen LogP contribution is 2.32. The summed E-state index contributed by atoms with van der Waals surface area (Å²) < 4.78 is 5.45. The molecule has 7 nitrogen and oxygen atoms in total. The van der Waals surface area contributed by atoms with Crippen molar-refractivity contribution in [3.8, 4) is 16.9 Å². The van der Waals surface area contributed by atoms with Gasteiger partial charge < -0.3 is 9.64 Å². The number of pyridine rings is 1. The number of rotatable bonds is 7. The van der Waals surface area contributed by atoms with Gasteiger partial charge in [-0.1, -0.05) is 53.3 Å². The molecule has 0 spiro atoms. The lowest BCUT2D eigenvalue weighted by atomic mass is 10.0. The molecule has 0 atom stereocenters. The van der Waals surface area contributed by atoms with E-state index >= 15 is 0 Å². The highest BCUT2D eigenvalue weighted by atomic mass is 35.5. The molecule has 2 aromatic heterocycles. The number of benzene rings is 2. The molecule has 0 radical (unpaired) electrons. The van der Waals surface area contributed by atoms with Gasteiger partial charge >= 0.3 is 0 Å². The van der Waals surface area contributed by atoms with Gasteiger partial charge in [0, 0.05) is 42.1 Å². The van der Waals surface area contributed by atoms with E-state index in [1.807, 2.05) is 60.5 Å². The molecule has 1 amide bonds. The minimum atomic E-state index is -0.295. The molecule has 0 saturated heterocycles. The summed E-state index contributed by atoms with van der Waals surface area (Å²) in [4.78, 5) is 19.2. The number of carbonyl (C=O) groups is 1. The third-order valence-corrected chi connectivity index (χ3v) is 5.96. The summed E-state index contributed by atoms with van der Waals surface area (Å²) in [5, 5.41) is 13.0. The van der Waals surface area contributed by atoms with Crippen LogP contribution in [0, 0.1) is 0 Å². The van der Waals surface area contributed by atoms with Crippen LogP contribution in [0.15, 0.2) is 67.0 Å². The molecule has 2 aromatic carbocycles. The first kappa shape index (κ1) is 21.7. The summed E-state index contributed by atoms with van der Waals surface area (Å²) in [5.41, 5.74) is 3.02. The van der Waals surface area contributed by atoms with Crippen molar-refractivity contribution in [1.82, 2.24) is 15.2 Å². The van der Waals surface area contributed by atoms with E-state index in [-0.39, 0.29) is 5.91 Å². The summed E-state index contributed by atoms with van der Waals surface area (Å²) in [7, 11) is 3.52. The Morgan fingerprint density at radius 3 is 2.66 bits per heavy atom. The van der Waals surface area contributed by atoms with Gasteiger partial charge in [0.25, 0.3) is 5.91 Å². The predicted octanol–water partition coefficient (Wildman–Crippen LogP) is 5.15. The van der Waals surface area contributed by atoms with E-state index in [1.165, 1.54) is 11.3 Å². The zero-order valence-corrected chi connectivity index (χ0v) is 19.0. The Hall–Kier alpha value is -3.49. The average molecular weight is 466 g/mol. The largest absolute Gasteiger partial charge is 0.496 e. The van der Waals surface area contributed by atoms with Gasteiger partial charge in [-0.15, -0.1) is 10.2 Å². The topological polar surface area (TPSA) is 80.2 Å². The number of hydrogen-bond donors (Lipinski definition) is 1. The first-order valence-corrected chi connectivity index (χ1v) is 10.9. The Morgan fingerprint density at radius 2 is 1.88 bits per heavy atom. The van der Waals surface area contributed by atoms with Crippen molar-refractivity contribution in [2.75, 3.05) is 24.4 Å². The van der Waals surface area contributed by atoms with Crippen LogP contribution >= 0.6 is 22.9 Å². The fourth-order valence-corrected chi connectivity index (χ4v) is 4.02. The van der Waals surface area contributed by atoms with Gasteiger partial charge in [0.1, 0.15) is 5.75 Å². The second-order valence-electron chi connectivity index (χ2n) is 6.95. The van der Waals surface area contributed by atoms with Gasteiger partial charge in [0.15, 0.2) is 0 Å². The minimum Gasteiger partial charge on any atom is -0.496 e. The number of para-hydroxylation sites is 1. The molecule has 4 rings (SSSR count). The van der Waals surface area contributed by atoms with Crippen LogP contribution in [0.1, 0.15) is 15.9 Å². The SMILES string of the molecule is COc1ccccc1-c1cnccc1C(=O)Nc1nnc(N(C)Cc2ccc(Cl)cc2)s1. The lowest BCUT2D eigenvalue weighted by Crippen LogP contribution is -2.15. The summed E-state index contributed by atoms with van der Waals surface area (Å²) in [6.45, 7) is 0.641. The number of nitrogens with one attached hydrogen (secondary N) is 1. The molecular weight excluding hydrogens is 446 g/mol. The number of ether oxygens (including phenoxy) is 1. The van der Waals surface area contributed by atoms with E-state index in [9.17, 15) is 4.79 Å². The zero-order valence-electron chi connectivity index (χ0n) is 17.4. The molecular formula is C23H20ClN5O2S. The number of aromatic nitrogens is 3. The van der Waals surface area contributed by atoms with Gasteiger partial charge in [0.05, 0.1) is 12.7 Å². The van der Waals surface area contributed by atoms with Crippen LogP contribution < -0.4 is 15.0 Å². The molecule has 4 aromatic rings. The normalized spacial score (nSPS) is 10.6. The summed E-state index contributed by atoms with van der Waals surface area (Å²) in [6, 6.07) is 16.8. The highest BCUT2D eigenvalue weighted by Gasteiger charge is 2.18.